The van der Waals surface area contributed by atoms with Gasteiger partial charge in [0.05, 0.1) is 10.7 Å². The van der Waals surface area contributed by atoms with Crippen LogP contribution in [0.4, 0.5) is 17.2 Å². The molecule has 1 N–H and O–H groups in total. The summed E-state index contributed by atoms with van der Waals surface area (Å²) in [7, 11) is 1.80. The third-order valence-corrected chi connectivity index (χ3v) is 5.20. The minimum atomic E-state index is 0.617. The summed E-state index contributed by atoms with van der Waals surface area (Å²) in [6, 6.07) is 5.98. The van der Waals surface area contributed by atoms with E-state index in [4.69, 9.17) is 11.6 Å². The van der Waals surface area contributed by atoms with Gasteiger partial charge in [-0.15, -0.1) is 5.10 Å². The third-order valence-electron chi connectivity index (χ3n) is 3.95. The zero-order chi connectivity index (χ0) is 16.5. The molecule has 7 nitrogen and oxygen atoms in total. The van der Waals surface area contributed by atoms with Gasteiger partial charge < -0.3 is 10.2 Å². The fraction of sp³-hybridized carbons (Fsp3) is 0.333. The van der Waals surface area contributed by atoms with E-state index in [2.05, 4.69) is 36.6 Å². The fourth-order valence-corrected chi connectivity index (χ4v) is 3.93. The molecule has 1 saturated heterocycles. The maximum absolute atomic E-state index is 6.50. The van der Waals surface area contributed by atoms with Crippen LogP contribution in [0.25, 0.3) is 11.2 Å². The number of nitrogens with zero attached hydrogens (tertiary/aromatic N) is 6. The lowest BCUT2D eigenvalue weighted by atomic mass is 10.2. The average molecular weight is 362 g/mol. The Bertz CT molecular complexity index is 875. The van der Waals surface area contributed by atoms with Gasteiger partial charge >= 0.3 is 0 Å². The highest BCUT2D eigenvalue weighted by atomic mass is 35.5. The molecule has 124 valence electrons. The Morgan fingerprint density at radius 3 is 2.83 bits per heavy atom. The van der Waals surface area contributed by atoms with Crippen molar-refractivity contribution in [3.8, 4) is 0 Å². The number of thioether (sulfide) groups is 1. The van der Waals surface area contributed by atoms with E-state index < -0.39 is 0 Å². The van der Waals surface area contributed by atoms with Crippen molar-refractivity contribution in [3.05, 3.63) is 29.5 Å². The highest BCUT2D eigenvalue weighted by molar-refractivity contribution is 7.99. The molecule has 0 spiro atoms. The molecule has 0 bridgehead atoms. The van der Waals surface area contributed by atoms with Gasteiger partial charge in [0.2, 0.25) is 0 Å². The molecule has 4 rings (SSSR count). The molecule has 1 fully saturated rings. The van der Waals surface area contributed by atoms with Crippen LogP contribution in [0, 0.1) is 0 Å². The molecule has 0 saturated carbocycles. The molecule has 0 radical (unpaired) electrons. The molecule has 2 aromatic heterocycles. The van der Waals surface area contributed by atoms with Crippen molar-refractivity contribution in [2.75, 3.05) is 34.8 Å². The van der Waals surface area contributed by atoms with E-state index in [1.807, 2.05) is 23.9 Å². The van der Waals surface area contributed by atoms with Crippen LogP contribution in [0.3, 0.4) is 0 Å². The number of aromatic nitrogens is 5. The van der Waals surface area contributed by atoms with Crippen molar-refractivity contribution in [1.29, 1.82) is 0 Å². The predicted octanol–water partition coefficient (Wildman–Crippen LogP) is 2.71. The highest BCUT2D eigenvalue weighted by Crippen LogP contribution is 2.32. The molecule has 0 amide bonds. The van der Waals surface area contributed by atoms with E-state index in [0.29, 0.717) is 17.0 Å². The maximum Gasteiger partial charge on any atom is 0.183 e. The summed E-state index contributed by atoms with van der Waals surface area (Å²) in [6.07, 6.45) is 1.50. The van der Waals surface area contributed by atoms with Crippen LogP contribution in [0.15, 0.2) is 24.5 Å². The monoisotopic (exact) mass is 361 g/mol. The first-order valence-electron chi connectivity index (χ1n) is 7.62. The van der Waals surface area contributed by atoms with Crippen molar-refractivity contribution in [3.63, 3.8) is 0 Å². The molecule has 24 heavy (non-hydrogen) atoms. The van der Waals surface area contributed by atoms with Gasteiger partial charge in [-0.1, -0.05) is 16.8 Å². The average Bonchev–Trinajstić information content (AvgIpc) is 2.98. The van der Waals surface area contributed by atoms with Crippen molar-refractivity contribution in [1.82, 2.24) is 25.0 Å². The summed E-state index contributed by atoms with van der Waals surface area (Å²) < 4.78 is 1.62. The van der Waals surface area contributed by atoms with Gasteiger partial charge in [0.25, 0.3) is 0 Å². The normalized spacial score (nSPS) is 15.0. The highest BCUT2D eigenvalue weighted by Gasteiger charge is 2.15. The quantitative estimate of drug-likeness (QED) is 0.768. The van der Waals surface area contributed by atoms with E-state index in [0.717, 1.165) is 41.0 Å². The molecule has 0 atom stereocenters. The van der Waals surface area contributed by atoms with E-state index in [1.54, 1.807) is 11.7 Å². The van der Waals surface area contributed by atoms with E-state index in [9.17, 15) is 0 Å². The lowest BCUT2D eigenvalue weighted by molar-refractivity contribution is 0.729. The first-order valence-corrected chi connectivity index (χ1v) is 9.15. The number of anilines is 3. The van der Waals surface area contributed by atoms with Crippen LogP contribution in [0.5, 0.6) is 0 Å². The van der Waals surface area contributed by atoms with Crippen LogP contribution >= 0.6 is 23.4 Å². The van der Waals surface area contributed by atoms with Gasteiger partial charge in [0.1, 0.15) is 6.33 Å². The van der Waals surface area contributed by atoms with Crippen molar-refractivity contribution < 1.29 is 0 Å². The van der Waals surface area contributed by atoms with Gasteiger partial charge in [-0.25, -0.2) is 14.6 Å². The SMILES string of the molecule is Cn1nnc2c(Nc3ccc(N4CCSCC4)c(Cl)c3)ncnc21. The largest absolute Gasteiger partial charge is 0.369 e. The van der Waals surface area contributed by atoms with E-state index in [-0.39, 0.29) is 0 Å². The predicted molar refractivity (Wildman–Crippen MR) is 98.4 cm³/mol. The number of rotatable bonds is 3. The molecule has 1 aliphatic rings. The Hall–Kier alpha value is -2.06. The Balaban J connectivity index is 1.61. The Morgan fingerprint density at radius 2 is 2.04 bits per heavy atom. The summed E-state index contributed by atoms with van der Waals surface area (Å²) in [4.78, 5) is 10.8. The van der Waals surface area contributed by atoms with Gasteiger partial charge in [-0.05, 0) is 18.2 Å². The number of halogens is 1. The number of aryl methyl sites for hydroxylation is 1. The number of hydrogen-bond donors (Lipinski definition) is 1. The maximum atomic E-state index is 6.50. The van der Waals surface area contributed by atoms with Crippen molar-refractivity contribution in [2.45, 2.75) is 0 Å². The number of hydrogen-bond acceptors (Lipinski definition) is 7. The first kappa shape index (κ1) is 15.5. The molecule has 9 heteroatoms. The molecule has 0 aliphatic carbocycles. The zero-order valence-corrected chi connectivity index (χ0v) is 14.7. The Kier molecular flexibility index (Phi) is 4.15. The van der Waals surface area contributed by atoms with Crippen LogP contribution in [0.1, 0.15) is 0 Å². The molecular weight excluding hydrogens is 346 g/mol. The number of fused-ring (bicyclic) bond motifs is 1. The van der Waals surface area contributed by atoms with Gasteiger partial charge in [0, 0.05) is 37.3 Å². The second-order valence-electron chi connectivity index (χ2n) is 5.50. The summed E-state index contributed by atoms with van der Waals surface area (Å²) in [6.45, 7) is 2.06. The topological polar surface area (TPSA) is 71.8 Å². The van der Waals surface area contributed by atoms with Crippen LogP contribution in [-0.2, 0) is 7.05 Å². The molecule has 1 aliphatic heterocycles. The fourth-order valence-electron chi connectivity index (χ4n) is 2.73. The smallest absolute Gasteiger partial charge is 0.183 e. The lowest BCUT2D eigenvalue weighted by Gasteiger charge is -2.29. The zero-order valence-electron chi connectivity index (χ0n) is 13.1. The second-order valence-corrected chi connectivity index (χ2v) is 7.13. The summed E-state index contributed by atoms with van der Waals surface area (Å²) >= 11 is 8.48. The van der Waals surface area contributed by atoms with Crippen molar-refractivity contribution in [2.24, 2.45) is 7.05 Å². The van der Waals surface area contributed by atoms with Crippen LogP contribution in [0.2, 0.25) is 5.02 Å². The van der Waals surface area contributed by atoms with E-state index >= 15 is 0 Å². The minimum absolute atomic E-state index is 0.617. The van der Waals surface area contributed by atoms with Gasteiger partial charge in [-0.2, -0.15) is 11.8 Å². The second kappa shape index (κ2) is 6.45. The standard InChI is InChI=1S/C15H16ClN7S/c1-22-15-13(20-21-22)14(17-9-18-15)19-10-2-3-12(11(16)8-10)23-4-6-24-7-5-23/h2-3,8-9H,4-7H2,1H3,(H,17,18,19). The van der Waals surface area contributed by atoms with Crippen LogP contribution in [-0.4, -0.2) is 49.6 Å². The summed E-state index contributed by atoms with van der Waals surface area (Å²) in [5, 5.41) is 12.1. The molecule has 3 heterocycles. The Labute approximate surface area is 148 Å². The molecular formula is C15H16ClN7S. The lowest BCUT2D eigenvalue weighted by Crippen LogP contribution is -2.32. The molecule has 3 aromatic rings. The van der Waals surface area contributed by atoms with Gasteiger partial charge in [-0.3, -0.25) is 0 Å². The van der Waals surface area contributed by atoms with Crippen LogP contribution < -0.4 is 10.2 Å². The Morgan fingerprint density at radius 1 is 1.21 bits per heavy atom. The van der Waals surface area contributed by atoms with E-state index in [1.165, 1.54) is 6.33 Å². The molecule has 1 aromatic carbocycles. The first-order chi connectivity index (χ1) is 11.7. The molecule has 0 unspecified atom stereocenters. The number of benzene rings is 1. The van der Waals surface area contributed by atoms with Gasteiger partial charge in [0.15, 0.2) is 17.0 Å². The number of nitrogens with one attached hydrogen (secondary N) is 1. The van der Waals surface area contributed by atoms with Crippen molar-refractivity contribution >= 4 is 51.7 Å². The summed E-state index contributed by atoms with van der Waals surface area (Å²) in [5.74, 6) is 2.90. The third kappa shape index (κ3) is 2.87. The minimum Gasteiger partial charge on any atom is -0.369 e. The summed E-state index contributed by atoms with van der Waals surface area (Å²) in [5.41, 5.74) is 3.25.